The number of amides is 2. The number of fused-ring (bicyclic) bond motifs is 1. The lowest BCUT2D eigenvalue weighted by Gasteiger charge is -2.38. The van der Waals surface area contributed by atoms with Gasteiger partial charge in [0.25, 0.3) is 0 Å². The van der Waals surface area contributed by atoms with Crippen molar-refractivity contribution in [3.05, 3.63) is 55.7 Å². The predicted molar refractivity (Wildman–Crippen MR) is 129 cm³/mol. The van der Waals surface area contributed by atoms with E-state index in [9.17, 15) is 9.59 Å². The number of hydrogen-bond donors (Lipinski definition) is 0. The first-order chi connectivity index (χ1) is 14.8. The monoisotopic (exact) mass is 500 g/mol. The summed E-state index contributed by atoms with van der Waals surface area (Å²) >= 11 is 20.4. The normalized spacial score (nSPS) is 16.7. The lowest BCUT2D eigenvalue weighted by atomic mass is 9.93. The van der Waals surface area contributed by atoms with Gasteiger partial charge >= 0.3 is 0 Å². The van der Waals surface area contributed by atoms with Crippen molar-refractivity contribution in [2.75, 3.05) is 19.6 Å². The van der Waals surface area contributed by atoms with E-state index in [4.69, 9.17) is 34.8 Å². The van der Waals surface area contributed by atoms with Crippen LogP contribution in [-0.4, -0.2) is 46.6 Å². The molecule has 0 radical (unpaired) electrons. The van der Waals surface area contributed by atoms with Crippen LogP contribution in [-0.2, 0) is 16.0 Å². The van der Waals surface area contributed by atoms with E-state index in [1.807, 2.05) is 16.3 Å². The number of rotatable bonds is 8. The van der Waals surface area contributed by atoms with E-state index in [0.717, 1.165) is 36.8 Å². The van der Waals surface area contributed by atoms with E-state index in [2.05, 4.69) is 13.0 Å². The number of carbonyl (C=O) groups excluding carboxylic acids is 2. The maximum absolute atomic E-state index is 13.5. The van der Waals surface area contributed by atoms with Gasteiger partial charge in [0.2, 0.25) is 11.8 Å². The zero-order valence-electron chi connectivity index (χ0n) is 17.7. The average molecular weight is 502 g/mol. The summed E-state index contributed by atoms with van der Waals surface area (Å²) < 4.78 is 0. The summed E-state index contributed by atoms with van der Waals surface area (Å²) in [4.78, 5) is 30.8. The van der Waals surface area contributed by atoms with Gasteiger partial charge in [-0.3, -0.25) is 9.59 Å². The quantitative estimate of drug-likeness (QED) is 0.320. The fourth-order valence-electron chi connectivity index (χ4n) is 3.97. The SMILES string of the molecule is CCCCCN(CC(=O)N1CCc2sccc2C1c1ccc(Cl)cc1Cl)C(=O)C(C)Cl. The van der Waals surface area contributed by atoms with Crippen molar-refractivity contribution >= 4 is 58.0 Å². The standard InChI is InChI=1S/C23H27Cl3N2O2S/c1-3-4-5-10-27(23(30)15(2)24)14-21(29)28-11-8-20-18(9-12-31-20)22(28)17-7-6-16(25)13-19(17)26/h6-7,9,12-13,15,22H,3-5,8,10-11,14H2,1-2H3. The molecule has 8 heteroatoms. The highest BCUT2D eigenvalue weighted by atomic mass is 35.5. The Balaban J connectivity index is 1.89. The molecule has 1 aliphatic heterocycles. The van der Waals surface area contributed by atoms with Crippen LogP contribution < -0.4 is 0 Å². The summed E-state index contributed by atoms with van der Waals surface area (Å²) in [6.45, 7) is 4.87. The van der Waals surface area contributed by atoms with E-state index >= 15 is 0 Å². The lowest BCUT2D eigenvalue weighted by Crippen LogP contribution is -2.48. The molecule has 3 rings (SSSR count). The molecule has 4 nitrogen and oxygen atoms in total. The van der Waals surface area contributed by atoms with Gasteiger partial charge in [0.15, 0.2) is 0 Å². The molecular weight excluding hydrogens is 475 g/mol. The molecule has 168 valence electrons. The minimum Gasteiger partial charge on any atom is -0.332 e. The Bertz CT molecular complexity index is 931. The predicted octanol–water partition coefficient (Wildman–Crippen LogP) is 6.18. The van der Waals surface area contributed by atoms with Crippen LogP contribution in [0.3, 0.4) is 0 Å². The van der Waals surface area contributed by atoms with E-state index in [1.165, 1.54) is 4.88 Å². The molecule has 0 spiro atoms. The molecule has 0 N–H and O–H groups in total. The van der Waals surface area contributed by atoms with Crippen molar-refractivity contribution in [1.82, 2.24) is 9.80 Å². The topological polar surface area (TPSA) is 40.6 Å². The highest BCUT2D eigenvalue weighted by Gasteiger charge is 2.35. The smallest absolute Gasteiger partial charge is 0.242 e. The largest absolute Gasteiger partial charge is 0.332 e. The molecule has 2 unspecified atom stereocenters. The molecule has 2 atom stereocenters. The number of nitrogens with zero attached hydrogens (tertiary/aromatic N) is 2. The van der Waals surface area contributed by atoms with Gasteiger partial charge < -0.3 is 9.80 Å². The third-order valence-electron chi connectivity index (χ3n) is 5.55. The fourth-order valence-corrected chi connectivity index (χ4v) is 5.52. The van der Waals surface area contributed by atoms with Crippen LogP contribution in [0.2, 0.25) is 10.0 Å². The highest BCUT2D eigenvalue weighted by Crippen LogP contribution is 2.41. The molecule has 0 aliphatic carbocycles. The first kappa shape index (κ1) is 24.4. The Labute approximate surface area is 203 Å². The van der Waals surface area contributed by atoms with E-state index in [1.54, 1.807) is 35.3 Å². The minimum absolute atomic E-state index is 0.0147. The minimum atomic E-state index is -0.666. The average Bonchev–Trinajstić information content (AvgIpc) is 3.21. The molecule has 1 aromatic carbocycles. The Morgan fingerprint density at radius 1 is 1.23 bits per heavy atom. The Morgan fingerprint density at radius 3 is 2.68 bits per heavy atom. The van der Waals surface area contributed by atoms with Crippen LogP contribution in [0, 0.1) is 0 Å². The molecule has 0 saturated heterocycles. The lowest BCUT2D eigenvalue weighted by molar-refractivity contribution is -0.141. The van der Waals surface area contributed by atoms with Crippen molar-refractivity contribution in [2.24, 2.45) is 0 Å². The molecule has 2 amide bonds. The van der Waals surface area contributed by atoms with Gasteiger partial charge in [0.05, 0.1) is 12.6 Å². The van der Waals surface area contributed by atoms with E-state index < -0.39 is 5.38 Å². The summed E-state index contributed by atoms with van der Waals surface area (Å²) in [5, 5.41) is 2.46. The summed E-state index contributed by atoms with van der Waals surface area (Å²) in [7, 11) is 0. The van der Waals surface area contributed by atoms with Gasteiger partial charge in [-0.2, -0.15) is 0 Å². The highest BCUT2D eigenvalue weighted by molar-refractivity contribution is 7.10. The number of unbranched alkanes of at least 4 members (excludes halogenated alkanes) is 2. The second kappa shape index (κ2) is 11.0. The first-order valence-electron chi connectivity index (χ1n) is 10.6. The molecule has 0 bridgehead atoms. The molecule has 2 aromatic rings. The van der Waals surface area contributed by atoms with Gasteiger partial charge in [-0.1, -0.05) is 49.0 Å². The second-order valence-corrected chi connectivity index (χ2v) is 10.3. The number of benzene rings is 1. The van der Waals surface area contributed by atoms with Crippen LogP contribution in [0.5, 0.6) is 0 Å². The third-order valence-corrected chi connectivity index (χ3v) is 7.30. The second-order valence-electron chi connectivity index (χ2n) is 7.79. The molecule has 2 heterocycles. The molecule has 1 aromatic heterocycles. The van der Waals surface area contributed by atoms with Gasteiger partial charge in [-0.15, -0.1) is 22.9 Å². The maximum Gasteiger partial charge on any atom is 0.242 e. The van der Waals surface area contributed by atoms with Crippen molar-refractivity contribution in [1.29, 1.82) is 0 Å². The first-order valence-corrected chi connectivity index (χ1v) is 12.6. The summed E-state index contributed by atoms with van der Waals surface area (Å²) in [5.41, 5.74) is 1.93. The summed E-state index contributed by atoms with van der Waals surface area (Å²) in [6, 6.07) is 7.14. The number of carbonyl (C=O) groups is 2. The van der Waals surface area contributed by atoms with Gasteiger partial charge in [-0.05, 0) is 54.5 Å². The third kappa shape index (κ3) is 5.75. The van der Waals surface area contributed by atoms with Crippen LogP contribution in [0.25, 0.3) is 0 Å². The fraction of sp³-hybridized carbons (Fsp3) is 0.478. The van der Waals surface area contributed by atoms with Crippen molar-refractivity contribution in [3.63, 3.8) is 0 Å². The van der Waals surface area contributed by atoms with E-state index in [-0.39, 0.29) is 24.4 Å². The molecule has 0 saturated carbocycles. The van der Waals surface area contributed by atoms with Crippen molar-refractivity contribution in [3.8, 4) is 0 Å². The Kier molecular flexibility index (Phi) is 8.68. The Hall–Kier alpha value is -1.27. The van der Waals surface area contributed by atoms with Crippen molar-refractivity contribution < 1.29 is 9.59 Å². The zero-order chi connectivity index (χ0) is 22.5. The zero-order valence-corrected chi connectivity index (χ0v) is 20.8. The maximum atomic E-state index is 13.5. The summed E-state index contributed by atoms with van der Waals surface area (Å²) in [5.74, 6) is -0.310. The van der Waals surface area contributed by atoms with Crippen molar-refractivity contribution in [2.45, 2.75) is 50.9 Å². The molecular formula is C23H27Cl3N2O2S. The molecule has 0 fully saturated rings. The van der Waals surface area contributed by atoms with Gasteiger partial charge in [-0.25, -0.2) is 0 Å². The molecule has 31 heavy (non-hydrogen) atoms. The Morgan fingerprint density at radius 2 is 2.00 bits per heavy atom. The van der Waals surface area contributed by atoms with Gasteiger partial charge in [0.1, 0.15) is 5.38 Å². The summed E-state index contributed by atoms with van der Waals surface area (Å²) in [6.07, 6.45) is 3.67. The number of thiophene rings is 1. The molecule has 1 aliphatic rings. The number of halogens is 3. The van der Waals surface area contributed by atoms with Crippen LogP contribution in [0.15, 0.2) is 29.6 Å². The van der Waals surface area contributed by atoms with Crippen LogP contribution in [0.1, 0.15) is 55.2 Å². The van der Waals surface area contributed by atoms with E-state index in [0.29, 0.717) is 23.1 Å². The number of hydrogen-bond acceptors (Lipinski definition) is 3. The van der Waals surface area contributed by atoms with Crippen LogP contribution in [0.4, 0.5) is 0 Å². The van der Waals surface area contributed by atoms with Gasteiger partial charge in [0, 0.05) is 28.0 Å². The number of alkyl halides is 1. The van der Waals surface area contributed by atoms with Crippen LogP contribution >= 0.6 is 46.1 Å².